The molecule has 0 bridgehead atoms. The number of hydrogen-bond donors (Lipinski definition) is 1. The van der Waals surface area contributed by atoms with Crippen molar-refractivity contribution >= 4 is 36.4 Å². The van der Waals surface area contributed by atoms with Gasteiger partial charge in [0, 0.05) is 51.5 Å². The maximum Gasteiger partial charge on any atom is 0.237 e. The molecule has 198 valence electrons. The van der Waals surface area contributed by atoms with Crippen molar-refractivity contribution < 1.29 is 14.3 Å². The molecule has 2 fully saturated rings. The predicted octanol–water partition coefficient (Wildman–Crippen LogP) is 4.37. The fourth-order valence-electron chi connectivity index (χ4n) is 5.55. The van der Waals surface area contributed by atoms with Gasteiger partial charge in [-0.1, -0.05) is 60.7 Å². The lowest BCUT2D eigenvalue weighted by Crippen LogP contribution is -2.50. The number of likely N-dealkylation sites (tertiary alicyclic amines) is 1. The molecule has 1 amide bonds. The Morgan fingerprint density at radius 2 is 1.30 bits per heavy atom. The van der Waals surface area contributed by atoms with Crippen LogP contribution in [0.3, 0.4) is 0 Å². The summed E-state index contributed by atoms with van der Waals surface area (Å²) in [5.74, 6) is -0.161. The van der Waals surface area contributed by atoms with Crippen molar-refractivity contribution in [1.82, 2.24) is 9.80 Å². The molecule has 2 saturated heterocycles. The van der Waals surface area contributed by atoms with Crippen molar-refractivity contribution in [1.29, 1.82) is 0 Å². The van der Waals surface area contributed by atoms with Gasteiger partial charge in [-0.15, -0.1) is 24.8 Å². The average molecular weight is 547 g/mol. The van der Waals surface area contributed by atoms with Crippen LogP contribution >= 0.6 is 24.8 Å². The van der Waals surface area contributed by atoms with Crippen LogP contribution in [-0.4, -0.2) is 72.7 Å². The van der Waals surface area contributed by atoms with E-state index in [1.807, 2.05) is 77.7 Å². The van der Waals surface area contributed by atoms with Crippen LogP contribution in [-0.2, 0) is 10.2 Å². The molecule has 2 aliphatic rings. The van der Waals surface area contributed by atoms with E-state index in [2.05, 4.69) is 9.80 Å². The Balaban J connectivity index is 0.00000190. The number of nitrogens with zero attached hydrogens (tertiary/aromatic N) is 3. The molecule has 1 atom stereocenters. The molecular weight excluding hydrogens is 512 g/mol. The Bertz CT molecular complexity index is 1090. The number of aliphatic hydroxyl groups is 1. The number of benzene rings is 3. The van der Waals surface area contributed by atoms with E-state index in [0.29, 0.717) is 26.1 Å². The number of halogens is 3. The third-order valence-electron chi connectivity index (χ3n) is 7.41. The Morgan fingerprint density at radius 3 is 1.84 bits per heavy atom. The lowest BCUT2D eigenvalue weighted by atomic mass is 9.73. The number of rotatable bonds is 7. The number of carbonyl (C=O) groups is 1. The van der Waals surface area contributed by atoms with Gasteiger partial charge in [0.1, 0.15) is 11.2 Å². The molecule has 3 aromatic rings. The summed E-state index contributed by atoms with van der Waals surface area (Å²) >= 11 is 0. The van der Waals surface area contributed by atoms with Crippen LogP contribution < -0.4 is 4.90 Å². The van der Waals surface area contributed by atoms with Crippen molar-refractivity contribution in [3.8, 4) is 0 Å². The zero-order valence-electron chi connectivity index (χ0n) is 20.7. The highest BCUT2D eigenvalue weighted by molar-refractivity contribution is 5.94. The quantitative estimate of drug-likeness (QED) is 0.478. The number of β-amino-alcohol motifs (C(OH)–C–C–N with tert-alkyl or cyclic N) is 1. The van der Waals surface area contributed by atoms with Crippen molar-refractivity contribution in [2.75, 3.05) is 50.7 Å². The number of aliphatic hydroxyl groups excluding tert-OH is 1. The monoisotopic (exact) mass is 545 g/mol. The van der Waals surface area contributed by atoms with Gasteiger partial charge >= 0.3 is 0 Å². The summed E-state index contributed by atoms with van der Waals surface area (Å²) < 4.78 is 13.2. The first-order valence-electron chi connectivity index (χ1n) is 12.4. The van der Waals surface area contributed by atoms with Gasteiger partial charge in [0.05, 0.1) is 6.10 Å². The topological polar surface area (TPSA) is 47.0 Å². The van der Waals surface area contributed by atoms with E-state index < -0.39 is 11.5 Å². The normalized spacial score (nSPS) is 18.2. The summed E-state index contributed by atoms with van der Waals surface area (Å²) in [5.41, 5.74) is 2.32. The van der Waals surface area contributed by atoms with E-state index in [4.69, 9.17) is 0 Å². The summed E-state index contributed by atoms with van der Waals surface area (Å²) in [5, 5.41) is 10.9. The fraction of sp³-hybridized carbons (Fsp3) is 0.345. The zero-order chi connectivity index (χ0) is 24.3. The second-order valence-corrected chi connectivity index (χ2v) is 9.56. The maximum atomic E-state index is 13.8. The molecule has 0 aromatic heterocycles. The van der Waals surface area contributed by atoms with Crippen LogP contribution in [0.5, 0.6) is 0 Å². The summed E-state index contributed by atoms with van der Waals surface area (Å²) in [6.07, 6.45) is 0.0850. The first-order chi connectivity index (χ1) is 17.1. The number of piperazine rings is 1. The second-order valence-electron chi connectivity index (χ2n) is 9.56. The van der Waals surface area contributed by atoms with Gasteiger partial charge in [-0.3, -0.25) is 9.69 Å². The molecule has 0 saturated carbocycles. The minimum absolute atomic E-state index is 0. The molecule has 2 heterocycles. The van der Waals surface area contributed by atoms with Crippen LogP contribution in [0.2, 0.25) is 0 Å². The minimum atomic E-state index is -0.705. The molecule has 37 heavy (non-hydrogen) atoms. The summed E-state index contributed by atoms with van der Waals surface area (Å²) in [6, 6.07) is 26.6. The van der Waals surface area contributed by atoms with Gasteiger partial charge in [-0.25, -0.2) is 4.39 Å². The minimum Gasteiger partial charge on any atom is -0.390 e. The Kier molecular flexibility index (Phi) is 9.96. The van der Waals surface area contributed by atoms with Crippen molar-refractivity contribution in [3.05, 3.63) is 102 Å². The number of anilines is 1. The van der Waals surface area contributed by atoms with Crippen LogP contribution in [0.1, 0.15) is 17.5 Å². The van der Waals surface area contributed by atoms with E-state index in [9.17, 15) is 14.3 Å². The standard InChI is InChI=1S/C29H32FN3O2.2ClH/c30-25-11-13-26(14-12-25)32-19-17-31(18-20-32)21-27(34)22-33-16-15-29(28(33)35,23-7-3-1-4-8-23)24-9-5-2-6-10-24;;/h1-14,27,34H,15-22H2;2*1H. The van der Waals surface area contributed by atoms with Crippen LogP contribution in [0.4, 0.5) is 10.1 Å². The summed E-state index contributed by atoms with van der Waals surface area (Å²) in [7, 11) is 0. The Morgan fingerprint density at radius 1 is 0.757 bits per heavy atom. The molecular formula is C29H34Cl2FN3O2. The average Bonchev–Trinajstić information content (AvgIpc) is 3.22. The first-order valence-corrected chi connectivity index (χ1v) is 12.4. The molecule has 1 unspecified atom stereocenters. The second kappa shape index (κ2) is 12.7. The van der Waals surface area contributed by atoms with E-state index in [-0.39, 0.29) is 36.5 Å². The third-order valence-corrected chi connectivity index (χ3v) is 7.41. The van der Waals surface area contributed by atoms with Crippen molar-refractivity contribution in [3.63, 3.8) is 0 Å². The number of amides is 1. The summed E-state index contributed by atoms with van der Waals surface area (Å²) in [4.78, 5) is 20.2. The van der Waals surface area contributed by atoms with Crippen LogP contribution in [0.25, 0.3) is 0 Å². The molecule has 0 aliphatic carbocycles. The molecule has 0 radical (unpaired) electrons. The Labute approximate surface area is 230 Å². The lowest BCUT2D eigenvalue weighted by Gasteiger charge is -2.37. The van der Waals surface area contributed by atoms with Crippen LogP contribution in [0.15, 0.2) is 84.9 Å². The highest BCUT2D eigenvalue weighted by Gasteiger charge is 2.49. The molecule has 1 N–H and O–H groups in total. The van der Waals surface area contributed by atoms with E-state index in [1.165, 1.54) is 12.1 Å². The predicted molar refractivity (Wildman–Crippen MR) is 150 cm³/mol. The summed E-state index contributed by atoms with van der Waals surface area (Å²) in [6.45, 7) is 4.78. The number of hydrogen-bond acceptors (Lipinski definition) is 4. The van der Waals surface area contributed by atoms with Gasteiger partial charge in [0.25, 0.3) is 0 Å². The maximum absolute atomic E-state index is 13.8. The zero-order valence-corrected chi connectivity index (χ0v) is 22.3. The molecule has 5 rings (SSSR count). The largest absolute Gasteiger partial charge is 0.390 e. The van der Waals surface area contributed by atoms with Gasteiger partial charge < -0.3 is 14.9 Å². The number of carbonyl (C=O) groups excluding carboxylic acids is 1. The van der Waals surface area contributed by atoms with Crippen LogP contribution in [0, 0.1) is 5.82 Å². The third kappa shape index (κ3) is 6.10. The van der Waals surface area contributed by atoms with Gasteiger partial charge in [-0.2, -0.15) is 0 Å². The van der Waals surface area contributed by atoms with E-state index >= 15 is 0 Å². The van der Waals surface area contributed by atoms with Gasteiger partial charge in [0.15, 0.2) is 0 Å². The van der Waals surface area contributed by atoms with Crippen molar-refractivity contribution in [2.45, 2.75) is 17.9 Å². The van der Waals surface area contributed by atoms with Gasteiger partial charge in [-0.05, 0) is 41.8 Å². The molecule has 5 nitrogen and oxygen atoms in total. The highest BCUT2D eigenvalue weighted by atomic mass is 35.5. The fourth-order valence-corrected chi connectivity index (χ4v) is 5.55. The van der Waals surface area contributed by atoms with Gasteiger partial charge in [0.2, 0.25) is 5.91 Å². The molecule has 8 heteroatoms. The SMILES string of the molecule is Cl.Cl.O=C1N(CC(O)CN2CCN(c3ccc(F)cc3)CC2)CCC1(c1ccccc1)c1ccccc1. The molecule has 3 aromatic carbocycles. The van der Waals surface area contributed by atoms with Crippen molar-refractivity contribution in [2.24, 2.45) is 0 Å². The lowest BCUT2D eigenvalue weighted by molar-refractivity contribution is -0.132. The first kappa shape index (κ1) is 28.9. The molecule has 2 aliphatic heterocycles. The molecule has 0 spiro atoms. The van der Waals surface area contributed by atoms with E-state index in [1.54, 1.807) is 0 Å². The Hall–Kier alpha value is -2.64. The highest BCUT2D eigenvalue weighted by Crippen LogP contribution is 2.42. The smallest absolute Gasteiger partial charge is 0.237 e. The van der Waals surface area contributed by atoms with E-state index in [0.717, 1.165) is 43.0 Å².